The van der Waals surface area contributed by atoms with Gasteiger partial charge in [0.2, 0.25) is 11.9 Å². The highest BCUT2D eigenvalue weighted by atomic mass is 16.4. The molecule has 1 aromatic carbocycles. The number of carboxylic acids is 1. The summed E-state index contributed by atoms with van der Waals surface area (Å²) in [6, 6.07) is 5.89. The van der Waals surface area contributed by atoms with Gasteiger partial charge in [0, 0.05) is 25.1 Å². The number of anilines is 2. The summed E-state index contributed by atoms with van der Waals surface area (Å²) in [6.45, 7) is 1.53. The van der Waals surface area contributed by atoms with Crippen LogP contribution in [-0.4, -0.2) is 54.7 Å². The first-order valence-electron chi connectivity index (χ1n) is 9.41. The number of carboxylic acid groups (broad SMARTS) is 1. The van der Waals surface area contributed by atoms with Gasteiger partial charge in [-0.15, -0.1) is 0 Å². The number of nitrogens with one attached hydrogen (secondary N) is 2. The van der Waals surface area contributed by atoms with Crippen molar-refractivity contribution in [2.24, 2.45) is 13.0 Å². The molecule has 1 saturated heterocycles. The van der Waals surface area contributed by atoms with Gasteiger partial charge in [-0.2, -0.15) is 0 Å². The number of aliphatic hydroxyl groups excluding tert-OH is 1. The zero-order valence-corrected chi connectivity index (χ0v) is 16.4. The lowest BCUT2D eigenvalue weighted by Crippen LogP contribution is -2.61. The Morgan fingerprint density at radius 3 is 2.70 bits per heavy atom. The SMILES string of the molecule is C[C@@H](O)[C@H]1C(=O)N2C(C(=O)O)=C(c3cccc(NC(=O)Nc4nccn4C)c3)C[C@H]12. The number of carbonyl (C=O) groups is 3. The Kier molecular flexibility index (Phi) is 4.78. The summed E-state index contributed by atoms with van der Waals surface area (Å²) >= 11 is 0. The summed E-state index contributed by atoms with van der Waals surface area (Å²) < 4.78 is 1.65. The van der Waals surface area contributed by atoms with E-state index in [-0.39, 0.29) is 17.6 Å². The molecule has 10 heteroatoms. The lowest BCUT2D eigenvalue weighted by molar-refractivity contribution is -0.161. The standard InChI is InChI=1S/C20H21N5O5/c1-10(26)15-14-9-13(16(18(28)29)25(14)17(15)27)11-4-3-5-12(8-11)22-20(30)23-19-21-6-7-24(19)2/h3-8,10,14-15,26H,9H2,1-2H3,(H,28,29)(H2,21,22,23,30)/t10-,14-,15-/m1/s1. The summed E-state index contributed by atoms with van der Waals surface area (Å²) in [5.74, 6) is -1.81. The normalized spacial score (nSPS) is 21.2. The maximum Gasteiger partial charge on any atom is 0.352 e. The molecular formula is C20H21N5O5. The van der Waals surface area contributed by atoms with E-state index in [0.717, 1.165) is 0 Å². The van der Waals surface area contributed by atoms with Crippen molar-refractivity contribution in [1.29, 1.82) is 0 Å². The maximum atomic E-state index is 12.4. The van der Waals surface area contributed by atoms with Crippen LogP contribution in [0.4, 0.5) is 16.4 Å². The van der Waals surface area contributed by atoms with Gasteiger partial charge in [-0.3, -0.25) is 10.1 Å². The third kappa shape index (κ3) is 3.20. The van der Waals surface area contributed by atoms with E-state index in [2.05, 4.69) is 15.6 Å². The minimum atomic E-state index is -1.20. The average molecular weight is 411 g/mol. The molecular weight excluding hydrogens is 390 g/mol. The summed E-state index contributed by atoms with van der Waals surface area (Å²) in [5, 5.41) is 24.9. The Morgan fingerprint density at radius 1 is 1.30 bits per heavy atom. The number of urea groups is 1. The number of β-lactam (4-membered cyclic amide) rings is 1. The van der Waals surface area contributed by atoms with Gasteiger partial charge in [-0.05, 0) is 36.6 Å². The third-order valence-electron chi connectivity index (χ3n) is 5.45. The quantitative estimate of drug-likeness (QED) is 0.550. The highest BCUT2D eigenvalue weighted by molar-refractivity contribution is 6.06. The highest BCUT2D eigenvalue weighted by Crippen LogP contribution is 2.47. The predicted molar refractivity (Wildman–Crippen MR) is 107 cm³/mol. The molecule has 2 aromatic rings. The number of benzene rings is 1. The largest absolute Gasteiger partial charge is 0.477 e. The Bertz CT molecular complexity index is 1070. The molecule has 2 aliphatic rings. The molecule has 0 spiro atoms. The first-order chi connectivity index (χ1) is 14.3. The van der Waals surface area contributed by atoms with E-state index in [9.17, 15) is 24.6 Å². The molecule has 4 N–H and O–H groups in total. The van der Waals surface area contributed by atoms with Crippen LogP contribution in [0.25, 0.3) is 5.57 Å². The molecule has 0 aliphatic carbocycles. The second-order valence-corrected chi connectivity index (χ2v) is 7.40. The number of aliphatic hydroxyl groups is 1. The highest BCUT2D eigenvalue weighted by Gasteiger charge is 2.56. The van der Waals surface area contributed by atoms with Crippen LogP contribution in [0.2, 0.25) is 0 Å². The number of hydrogen-bond acceptors (Lipinski definition) is 5. The van der Waals surface area contributed by atoms with E-state index in [4.69, 9.17) is 0 Å². The number of aliphatic carboxylic acids is 1. The number of rotatable bonds is 5. The van der Waals surface area contributed by atoms with Crippen molar-refractivity contribution in [3.05, 3.63) is 47.9 Å². The molecule has 1 fully saturated rings. The Balaban J connectivity index is 1.57. The van der Waals surface area contributed by atoms with Crippen LogP contribution in [-0.2, 0) is 16.6 Å². The smallest absolute Gasteiger partial charge is 0.352 e. The predicted octanol–water partition coefficient (Wildman–Crippen LogP) is 1.47. The molecule has 0 unspecified atom stereocenters. The Labute approximate surface area is 171 Å². The van der Waals surface area contributed by atoms with Crippen LogP contribution >= 0.6 is 0 Å². The molecule has 3 atom stereocenters. The van der Waals surface area contributed by atoms with Gasteiger partial charge >= 0.3 is 12.0 Å². The number of aryl methyl sites for hydroxylation is 1. The van der Waals surface area contributed by atoms with Crippen molar-refractivity contribution in [3.63, 3.8) is 0 Å². The van der Waals surface area contributed by atoms with E-state index < -0.39 is 24.0 Å². The van der Waals surface area contributed by atoms with E-state index in [0.29, 0.717) is 29.2 Å². The lowest BCUT2D eigenvalue weighted by Gasteiger charge is -2.44. The second kappa shape index (κ2) is 7.30. The number of amides is 3. The summed E-state index contributed by atoms with van der Waals surface area (Å²) in [5.41, 5.74) is 1.48. The first-order valence-corrected chi connectivity index (χ1v) is 9.41. The third-order valence-corrected chi connectivity index (χ3v) is 5.45. The molecule has 1 aromatic heterocycles. The van der Waals surface area contributed by atoms with Crippen molar-refractivity contribution >= 4 is 35.1 Å². The fraction of sp³-hybridized carbons (Fsp3) is 0.300. The number of fused-ring (bicyclic) bond motifs is 1. The van der Waals surface area contributed by atoms with Crippen molar-refractivity contribution in [3.8, 4) is 0 Å². The van der Waals surface area contributed by atoms with Gasteiger partial charge in [0.15, 0.2) is 0 Å². The van der Waals surface area contributed by atoms with E-state index in [1.807, 2.05) is 0 Å². The van der Waals surface area contributed by atoms with E-state index in [1.54, 1.807) is 48.3 Å². The fourth-order valence-electron chi connectivity index (χ4n) is 4.06. The minimum Gasteiger partial charge on any atom is -0.477 e. The number of hydrogen-bond donors (Lipinski definition) is 4. The number of imidazole rings is 1. The van der Waals surface area contributed by atoms with E-state index in [1.165, 1.54) is 11.8 Å². The van der Waals surface area contributed by atoms with Crippen LogP contribution in [0.5, 0.6) is 0 Å². The zero-order valence-electron chi connectivity index (χ0n) is 16.4. The number of nitrogens with zero attached hydrogens (tertiary/aromatic N) is 3. The van der Waals surface area contributed by atoms with Crippen molar-refractivity contribution in [2.75, 3.05) is 10.6 Å². The van der Waals surface area contributed by atoms with Crippen LogP contribution in [0.15, 0.2) is 42.4 Å². The van der Waals surface area contributed by atoms with Gasteiger partial charge in [-0.1, -0.05) is 12.1 Å². The molecule has 0 radical (unpaired) electrons. The topological polar surface area (TPSA) is 137 Å². The van der Waals surface area contributed by atoms with Gasteiger partial charge < -0.3 is 25.0 Å². The monoisotopic (exact) mass is 411 g/mol. The summed E-state index contributed by atoms with van der Waals surface area (Å²) in [4.78, 5) is 41.8. The summed E-state index contributed by atoms with van der Waals surface area (Å²) in [7, 11) is 1.74. The molecule has 30 heavy (non-hydrogen) atoms. The van der Waals surface area contributed by atoms with Gasteiger partial charge in [0.05, 0.1) is 18.1 Å². The first kappa shape index (κ1) is 19.6. The van der Waals surface area contributed by atoms with Gasteiger partial charge in [0.25, 0.3) is 0 Å². The van der Waals surface area contributed by atoms with Crippen LogP contribution in [0, 0.1) is 5.92 Å². The Hall–Kier alpha value is -3.66. The van der Waals surface area contributed by atoms with Gasteiger partial charge in [0.1, 0.15) is 5.70 Å². The lowest BCUT2D eigenvalue weighted by atomic mass is 9.82. The number of aromatic nitrogens is 2. The summed E-state index contributed by atoms with van der Waals surface area (Å²) in [6.07, 6.45) is 2.73. The molecule has 156 valence electrons. The maximum absolute atomic E-state index is 12.4. The van der Waals surface area contributed by atoms with Crippen LogP contribution in [0.3, 0.4) is 0 Å². The average Bonchev–Trinajstić information content (AvgIpc) is 3.23. The number of carbonyl (C=O) groups excluding carboxylic acids is 2. The molecule has 3 heterocycles. The Morgan fingerprint density at radius 2 is 2.07 bits per heavy atom. The molecule has 3 amide bonds. The molecule has 0 saturated carbocycles. The molecule has 2 aliphatic heterocycles. The molecule has 10 nitrogen and oxygen atoms in total. The minimum absolute atomic E-state index is 0.0727. The molecule has 0 bridgehead atoms. The van der Waals surface area contributed by atoms with Crippen molar-refractivity contribution in [1.82, 2.24) is 14.5 Å². The second-order valence-electron chi connectivity index (χ2n) is 7.40. The van der Waals surface area contributed by atoms with Crippen LogP contribution in [0.1, 0.15) is 18.9 Å². The van der Waals surface area contributed by atoms with Gasteiger partial charge in [-0.25, -0.2) is 14.6 Å². The fourth-order valence-corrected chi connectivity index (χ4v) is 4.06. The van der Waals surface area contributed by atoms with Crippen molar-refractivity contribution in [2.45, 2.75) is 25.5 Å². The zero-order chi connectivity index (χ0) is 21.6. The van der Waals surface area contributed by atoms with Crippen molar-refractivity contribution < 1.29 is 24.6 Å². The molecule has 4 rings (SSSR count). The van der Waals surface area contributed by atoms with E-state index >= 15 is 0 Å². The van der Waals surface area contributed by atoms with Crippen LogP contribution < -0.4 is 10.6 Å².